The second kappa shape index (κ2) is 7.76. The molecule has 0 aliphatic carbocycles. The number of anilines is 1. The average molecular weight is 354 g/mol. The molecule has 2 aromatic heterocycles. The number of nitrogens with one attached hydrogen (secondary N) is 1. The van der Waals surface area contributed by atoms with Crippen molar-refractivity contribution in [2.75, 3.05) is 18.5 Å². The summed E-state index contributed by atoms with van der Waals surface area (Å²) < 4.78 is 1.18. The first-order valence-electron chi connectivity index (χ1n) is 6.78. The van der Waals surface area contributed by atoms with Crippen molar-refractivity contribution in [2.45, 2.75) is 26.4 Å². The van der Waals surface area contributed by atoms with Crippen molar-refractivity contribution in [2.24, 2.45) is 0 Å². The van der Waals surface area contributed by atoms with E-state index in [9.17, 15) is 0 Å². The van der Waals surface area contributed by atoms with Crippen LogP contribution in [0.4, 0.5) is 5.69 Å². The van der Waals surface area contributed by atoms with Crippen molar-refractivity contribution >= 4 is 33.0 Å². The van der Waals surface area contributed by atoms with E-state index in [1.165, 1.54) is 20.6 Å². The number of hydrogen-bond donors (Lipinski definition) is 1. The summed E-state index contributed by atoms with van der Waals surface area (Å²) in [7, 11) is 2.12. The highest BCUT2D eigenvalue weighted by molar-refractivity contribution is 9.11. The first-order chi connectivity index (χ1) is 9.70. The van der Waals surface area contributed by atoms with Gasteiger partial charge in [0.15, 0.2) is 0 Å². The third kappa shape index (κ3) is 4.30. The van der Waals surface area contributed by atoms with Gasteiger partial charge in [0.2, 0.25) is 0 Å². The summed E-state index contributed by atoms with van der Waals surface area (Å²) >= 11 is 5.24. The Hall–Kier alpha value is -0.910. The molecule has 0 saturated heterocycles. The molecule has 0 bridgehead atoms. The number of halogens is 1. The van der Waals surface area contributed by atoms with Gasteiger partial charge in [-0.2, -0.15) is 0 Å². The van der Waals surface area contributed by atoms with Gasteiger partial charge in [-0.1, -0.05) is 6.92 Å². The molecule has 5 heteroatoms. The van der Waals surface area contributed by atoms with Crippen LogP contribution in [0.2, 0.25) is 0 Å². The predicted molar refractivity (Wildman–Crippen MR) is 90.4 cm³/mol. The fourth-order valence-electron chi connectivity index (χ4n) is 2.10. The second-order valence-electron chi connectivity index (χ2n) is 4.80. The second-order valence-corrected chi connectivity index (χ2v) is 7.09. The van der Waals surface area contributed by atoms with E-state index in [-0.39, 0.29) is 0 Å². The van der Waals surface area contributed by atoms with Crippen molar-refractivity contribution in [3.05, 3.63) is 44.8 Å². The van der Waals surface area contributed by atoms with Gasteiger partial charge in [0.1, 0.15) is 0 Å². The van der Waals surface area contributed by atoms with Crippen molar-refractivity contribution in [1.82, 2.24) is 10.3 Å². The monoisotopic (exact) mass is 353 g/mol. The number of nitrogens with zero attached hydrogens (tertiary/aromatic N) is 2. The summed E-state index contributed by atoms with van der Waals surface area (Å²) in [5, 5.41) is 5.64. The predicted octanol–water partition coefficient (Wildman–Crippen LogP) is 4.04. The zero-order chi connectivity index (χ0) is 14.4. The van der Waals surface area contributed by atoms with Gasteiger partial charge < -0.3 is 10.2 Å². The number of hydrogen-bond acceptors (Lipinski definition) is 4. The molecule has 2 rings (SSSR count). The van der Waals surface area contributed by atoms with Crippen LogP contribution in [0, 0.1) is 0 Å². The maximum Gasteiger partial charge on any atom is 0.0701 e. The van der Waals surface area contributed by atoms with Gasteiger partial charge in [0, 0.05) is 26.3 Å². The summed E-state index contributed by atoms with van der Waals surface area (Å²) in [5.41, 5.74) is 3.81. The third-order valence-electron chi connectivity index (χ3n) is 3.08. The summed E-state index contributed by atoms with van der Waals surface area (Å²) in [6, 6.07) is 4.27. The molecule has 0 atom stereocenters. The van der Waals surface area contributed by atoms with Gasteiger partial charge in [-0.3, -0.25) is 4.98 Å². The van der Waals surface area contributed by atoms with Crippen LogP contribution < -0.4 is 10.2 Å². The van der Waals surface area contributed by atoms with Crippen LogP contribution in [0.25, 0.3) is 0 Å². The minimum Gasteiger partial charge on any atom is -0.369 e. The van der Waals surface area contributed by atoms with E-state index in [2.05, 4.69) is 62.6 Å². The van der Waals surface area contributed by atoms with Gasteiger partial charge in [-0.15, -0.1) is 11.3 Å². The summed E-state index contributed by atoms with van der Waals surface area (Å²) in [5.74, 6) is 0. The van der Waals surface area contributed by atoms with E-state index in [0.717, 1.165) is 26.1 Å². The largest absolute Gasteiger partial charge is 0.369 e. The Morgan fingerprint density at radius 2 is 2.30 bits per heavy atom. The maximum absolute atomic E-state index is 4.27. The number of aromatic nitrogens is 1. The lowest BCUT2D eigenvalue weighted by Gasteiger charge is -2.21. The summed E-state index contributed by atoms with van der Waals surface area (Å²) in [4.78, 5) is 6.52. The SMILES string of the molecule is CCCNCc1ccncc1N(C)Cc1csc(Br)c1. The molecule has 0 unspecified atom stereocenters. The minimum atomic E-state index is 0.892. The molecule has 0 saturated carbocycles. The molecular formula is C15H20BrN3S. The van der Waals surface area contributed by atoms with Crippen molar-refractivity contribution < 1.29 is 0 Å². The molecule has 0 aromatic carbocycles. The molecule has 0 spiro atoms. The molecule has 0 aliphatic heterocycles. The fourth-order valence-corrected chi connectivity index (χ4v) is 3.30. The number of thiophene rings is 1. The normalized spacial score (nSPS) is 10.8. The summed E-state index contributed by atoms with van der Waals surface area (Å²) in [6.07, 6.45) is 4.96. The van der Waals surface area contributed by atoms with Crippen molar-refractivity contribution in [3.8, 4) is 0 Å². The Morgan fingerprint density at radius 1 is 1.45 bits per heavy atom. The lowest BCUT2D eigenvalue weighted by Crippen LogP contribution is -2.21. The van der Waals surface area contributed by atoms with Crippen molar-refractivity contribution in [1.29, 1.82) is 0 Å². The Labute approximate surface area is 133 Å². The molecular weight excluding hydrogens is 334 g/mol. The zero-order valence-corrected chi connectivity index (χ0v) is 14.3. The van der Waals surface area contributed by atoms with Gasteiger partial charge >= 0.3 is 0 Å². The molecule has 2 aromatic rings. The average Bonchev–Trinajstić information content (AvgIpc) is 2.85. The highest BCUT2D eigenvalue weighted by atomic mass is 79.9. The molecule has 2 heterocycles. The number of rotatable bonds is 7. The lowest BCUT2D eigenvalue weighted by molar-refractivity contribution is 0.673. The molecule has 20 heavy (non-hydrogen) atoms. The maximum atomic E-state index is 4.27. The lowest BCUT2D eigenvalue weighted by atomic mass is 10.2. The van der Waals surface area contributed by atoms with Crippen molar-refractivity contribution in [3.63, 3.8) is 0 Å². The van der Waals surface area contributed by atoms with Crippen LogP contribution in [-0.4, -0.2) is 18.6 Å². The quantitative estimate of drug-likeness (QED) is 0.761. The number of pyridine rings is 1. The zero-order valence-electron chi connectivity index (χ0n) is 11.9. The fraction of sp³-hybridized carbons (Fsp3) is 0.400. The van der Waals surface area contributed by atoms with E-state index < -0.39 is 0 Å². The standard InChI is InChI=1S/C15H20BrN3S/c1-3-5-17-8-13-4-6-18-9-14(13)19(2)10-12-7-15(16)20-11-12/h4,6-7,9,11,17H,3,5,8,10H2,1-2H3. The minimum absolute atomic E-state index is 0.892. The van der Waals surface area contributed by atoms with E-state index in [1.807, 2.05) is 12.4 Å². The van der Waals surface area contributed by atoms with Crippen LogP contribution in [0.1, 0.15) is 24.5 Å². The molecule has 0 fully saturated rings. The van der Waals surface area contributed by atoms with Crippen LogP contribution in [-0.2, 0) is 13.1 Å². The highest BCUT2D eigenvalue weighted by Crippen LogP contribution is 2.24. The first-order valence-corrected chi connectivity index (χ1v) is 8.45. The Kier molecular flexibility index (Phi) is 6.01. The van der Waals surface area contributed by atoms with Crippen LogP contribution in [0.5, 0.6) is 0 Å². The van der Waals surface area contributed by atoms with E-state index in [4.69, 9.17) is 0 Å². The van der Waals surface area contributed by atoms with Crippen LogP contribution in [0.15, 0.2) is 33.7 Å². The molecule has 108 valence electrons. The van der Waals surface area contributed by atoms with E-state index >= 15 is 0 Å². The molecule has 3 nitrogen and oxygen atoms in total. The molecule has 1 N–H and O–H groups in total. The van der Waals surface area contributed by atoms with E-state index in [0.29, 0.717) is 0 Å². The third-order valence-corrected chi connectivity index (χ3v) is 4.64. The van der Waals surface area contributed by atoms with Crippen LogP contribution >= 0.6 is 27.3 Å². The Morgan fingerprint density at radius 3 is 3.00 bits per heavy atom. The topological polar surface area (TPSA) is 28.2 Å². The first kappa shape index (κ1) is 15.5. The Balaban J connectivity index is 2.06. The molecule has 0 radical (unpaired) electrons. The smallest absolute Gasteiger partial charge is 0.0701 e. The van der Waals surface area contributed by atoms with E-state index in [1.54, 1.807) is 11.3 Å². The van der Waals surface area contributed by atoms with Gasteiger partial charge in [0.25, 0.3) is 0 Å². The molecule has 0 amide bonds. The van der Waals surface area contributed by atoms with Gasteiger partial charge in [-0.25, -0.2) is 0 Å². The highest BCUT2D eigenvalue weighted by Gasteiger charge is 2.09. The van der Waals surface area contributed by atoms with Gasteiger partial charge in [-0.05, 0) is 57.5 Å². The van der Waals surface area contributed by atoms with Crippen LogP contribution in [0.3, 0.4) is 0 Å². The van der Waals surface area contributed by atoms with Gasteiger partial charge in [0.05, 0.1) is 15.7 Å². The molecule has 0 aliphatic rings. The Bertz CT molecular complexity index is 541. The summed E-state index contributed by atoms with van der Waals surface area (Å²) in [6.45, 7) is 5.02.